The predicted octanol–water partition coefficient (Wildman–Crippen LogP) is 4.92. The van der Waals surface area contributed by atoms with Crippen molar-refractivity contribution in [3.63, 3.8) is 0 Å². The van der Waals surface area contributed by atoms with E-state index in [1.807, 2.05) is 41.3 Å². The summed E-state index contributed by atoms with van der Waals surface area (Å²) in [6.07, 6.45) is 9.53. The number of carbonyl (C=O) groups excluding carboxylic acids is 4. The minimum atomic E-state index is -0.727. The molecule has 0 radical (unpaired) electrons. The van der Waals surface area contributed by atoms with Crippen molar-refractivity contribution in [2.45, 2.75) is 82.6 Å². The van der Waals surface area contributed by atoms with Crippen LogP contribution in [-0.4, -0.2) is 114 Å². The number of carbonyl (C=O) groups is 4. The van der Waals surface area contributed by atoms with Crippen LogP contribution < -0.4 is 25.2 Å². The number of imide groups is 1. The number of hydrogen-bond donors (Lipinski definition) is 2. The van der Waals surface area contributed by atoms with Crippen LogP contribution in [0.4, 0.5) is 15.9 Å². The fraction of sp³-hybridized carbons (Fsp3) is 0.468. The van der Waals surface area contributed by atoms with Gasteiger partial charge in [-0.25, -0.2) is 9.37 Å². The van der Waals surface area contributed by atoms with E-state index in [0.29, 0.717) is 47.2 Å². The van der Waals surface area contributed by atoms with Crippen molar-refractivity contribution in [3.05, 3.63) is 89.0 Å². The van der Waals surface area contributed by atoms with Gasteiger partial charge in [-0.05, 0) is 118 Å². The third-order valence-corrected chi connectivity index (χ3v) is 13.4. The molecule has 0 bridgehead atoms. The molecule has 5 aliphatic rings. The molecular weight excluding hydrogens is 806 g/mol. The number of ether oxygens (including phenoxy) is 2. The lowest BCUT2D eigenvalue weighted by Gasteiger charge is -2.38. The van der Waals surface area contributed by atoms with Gasteiger partial charge in [0.15, 0.2) is 11.6 Å². The summed E-state index contributed by atoms with van der Waals surface area (Å²) >= 11 is 0. The molecule has 1 unspecified atom stereocenters. The highest BCUT2D eigenvalue weighted by Gasteiger charge is 2.37. The molecule has 1 saturated carbocycles. The summed E-state index contributed by atoms with van der Waals surface area (Å²) in [7, 11) is 0. The summed E-state index contributed by atoms with van der Waals surface area (Å²) in [4.78, 5) is 67.8. The van der Waals surface area contributed by atoms with E-state index >= 15 is 4.39 Å². The van der Waals surface area contributed by atoms with E-state index in [9.17, 15) is 24.4 Å². The highest BCUT2D eigenvalue weighted by molar-refractivity contribution is 6.04. The lowest BCUT2D eigenvalue weighted by Crippen LogP contribution is -2.54. The van der Waals surface area contributed by atoms with Crippen LogP contribution in [-0.2, 0) is 20.9 Å². The second-order valence-electron chi connectivity index (χ2n) is 17.3. The first-order valence-electron chi connectivity index (χ1n) is 22.2. The maximum absolute atomic E-state index is 15.5. The molecule has 9 rings (SSSR count). The highest BCUT2D eigenvalue weighted by Crippen LogP contribution is 2.32. The van der Waals surface area contributed by atoms with Crippen molar-refractivity contribution < 1.29 is 33.0 Å². The number of anilines is 2. The number of pyridine rings is 2. The molecule has 6 heterocycles. The molecular formula is C47H52FN9O6. The van der Waals surface area contributed by atoms with E-state index in [4.69, 9.17) is 9.47 Å². The number of benzene rings is 2. The highest BCUT2D eigenvalue weighted by atomic mass is 19.1. The number of nitrogens with one attached hydrogen (secondary N) is 2. The van der Waals surface area contributed by atoms with Crippen LogP contribution in [0.25, 0.3) is 10.9 Å². The van der Waals surface area contributed by atoms with Gasteiger partial charge in [-0.2, -0.15) is 5.26 Å². The molecule has 16 heteroatoms. The molecule has 2 N–H and O–H groups in total. The predicted molar refractivity (Wildman–Crippen MR) is 231 cm³/mol. The Labute approximate surface area is 365 Å². The number of fused-ring (bicyclic) bond motifs is 2. The van der Waals surface area contributed by atoms with Crippen LogP contribution in [0.5, 0.6) is 5.75 Å². The van der Waals surface area contributed by atoms with Crippen molar-refractivity contribution in [1.29, 1.82) is 5.26 Å². The number of aromatic nitrogens is 2. The lowest BCUT2D eigenvalue weighted by atomic mass is 9.92. The van der Waals surface area contributed by atoms with Gasteiger partial charge < -0.3 is 29.5 Å². The van der Waals surface area contributed by atoms with E-state index in [2.05, 4.69) is 36.5 Å². The van der Waals surface area contributed by atoms with E-state index < -0.39 is 17.8 Å². The summed E-state index contributed by atoms with van der Waals surface area (Å²) in [6.45, 7) is 6.26. The number of nitriles is 1. The van der Waals surface area contributed by atoms with Gasteiger partial charge in [0, 0.05) is 80.8 Å². The van der Waals surface area contributed by atoms with E-state index in [1.165, 1.54) is 17.2 Å². The van der Waals surface area contributed by atoms with Gasteiger partial charge in [-0.15, -0.1) is 0 Å². The van der Waals surface area contributed by atoms with Crippen molar-refractivity contribution in [2.75, 3.05) is 62.3 Å². The molecule has 4 aliphatic heterocycles. The monoisotopic (exact) mass is 857 g/mol. The number of amides is 4. The van der Waals surface area contributed by atoms with E-state index in [-0.39, 0.29) is 61.6 Å². The Morgan fingerprint density at radius 3 is 2.51 bits per heavy atom. The maximum atomic E-state index is 15.5. The molecule has 4 amide bonds. The largest absolute Gasteiger partial charge is 0.490 e. The number of rotatable bonds is 10. The van der Waals surface area contributed by atoms with Crippen molar-refractivity contribution in [1.82, 2.24) is 30.4 Å². The Morgan fingerprint density at radius 2 is 1.75 bits per heavy atom. The molecule has 15 nitrogen and oxygen atoms in total. The van der Waals surface area contributed by atoms with Gasteiger partial charge >= 0.3 is 0 Å². The van der Waals surface area contributed by atoms with Crippen LogP contribution in [0.2, 0.25) is 0 Å². The van der Waals surface area contributed by atoms with E-state index in [0.717, 1.165) is 94.3 Å². The standard InChI is InChI=1S/C47H52FN9O6/c48-39-25-32(45(59)52-34-4-7-36(8-5-34)63-41-11-3-31(26-49)43-38(41)2-1-16-50-43)27-51-44(39)56-18-14-30(15-19-56)13-17-54-20-22-55(23-21-54)35-6-9-37-33(24-35)28-62-29-57(47(37)61)40-10-12-42(58)53-46(40)60/h1-3,6,9,11,16,24-25,27,30,34,36,40H,4-5,7-8,10,12-15,17-23,28-29H2,(H,52,59)(H,53,58,60). The summed E-state index contributed by atoms with van der Waals surface area (Å²) in [6, 6.07) is 15.8. The first-order chi connectivity index (χ1) is 30.7. The van der Waals surface area contributed by atoms with Crippen molar-refractivity contribution in [2.24, 2.45) is 5.92 Å². The molecule has 1 atom stereocenters. The molecule has 3 saturated heterocycles. The van der Waals surface area contributed by atoms with Gasteiger partial charge in [0.1, 0.15) is 24.6 Å². The molecule has 4 fully saturated rings. The number of hydrogen-bond acceptors (Lipinski definition) is 12. The first kappa shape index (κ1) is 42.1. The zero-order valence-corrected chi connectivity index (χ0v) is 35.3. The van der Waals surface area contributed by atoms with Crippen LogP contribution in [0, 0.1) is 23.1 Å². The van der Waals surface area contributed by atoms with Gasteiger partial charge in [0.25, 0.3) is 11.8 Å². The van der Waals surface area contributed by atoms with Gasteiger partial charge in [-0.3, -0.25) is 34.4 Å². The molecule has 63 heavy (non-hydrogen) atoms. The SMILES string of the molecule is N#Cc1ccc(OC2CCC(NC(=O)c3cnc(N4CCC(CCN5CCN(c6ccc7c(c6)COCN(C6CCC(=O)NC6=O)C7=O)CC5)CC4)c(F)c3)CC2)c2cccnc12. The summed E-state index contributed by atoms with van der Waals surface area (Å²) < 4.78 is 27.7. The average molecular weight is 858 g/mol. The molecule has 328 valence electrons. The summed E-state index contributed by atoms with van der Waals surface area (Å²) in [5, 5.41) is 15.7. The van der Waals surface area contributed by atoms with Gasteiger partial charge in [0.05, 0.1) is 29.4 Å². The molecule has 0 spiro atoms. The Bertz CT molecular complexity index is 2420. The molecule has 2 aromatic carbocycles. The van der Waals surface area contributed by atoms with Crippen LogP contribution >= 0.6 is 0 Å². The first-order valence-corrected chi connectivity index (χ1v) is 22.2. The molecule has 4 aromatic rings. The fourth-order valence-electron chi connectivity index (χ4n) is 9.71. The smallest absolute Gasteiger partial charge is 0.256 e. The second kappa shape index (κ2) is 18.7. The lowest BCUT2D eigenvalue weighted by molar-refractivity contribution is -0.138. The zero-order valence-electron chi connectivity index (χ0n) is 35.3. The maximum Gasteiger partial charge on any atom is 0.256 e. The Balaban J connectivity index is 0.693. The van der Waals surface area contributed by atoms with Crippen LogP contribution in [0.1, 0.15) is 89.6 Å². The third kappa shape index (κ3) is 9.30. The van der Waals surface area contributed by atoms with Gasteiger partial charge in [0.2, 0.25) is 11.8 Å². The third-order valence-electron chi connectivity index (χ3n) is 13.4. The Kier molecular flexibility index (Phi) is 12.5. The van der Waals surface area contributed by atoms with Gasteiger partial charge in [-0.1, -0.05) is 0 Å². The second-order valence-corrected chi connectivity index (χ2v) is 17.3. The van der Waals surface area contributed by atoms with Crippen LogP contribution in [0.15, 0.2) is 60.9 Å². The fourth-order valence-corrected chi connectivity index (χ4v) is 9.71. The van der Waals surface area contributed by atoms with Crippen molar-refractivity contribution >= 4 is 46.0 Å². The molecule has 2 aromatic heterocycles. The normalized spacial score (nSPS) is 22.6. The summed E-state index contributed by atoms with van der Waals surface area (Å²) in [5.41, 5.74) is 3.70. The molecule has 1 aliphatic carbocycles. The topological polar surface area (TPSA) is 173 Å². The van der Waals surface area contributed by atoms with Crippen LogP contribution in [0.3, 0.4) is 0 Å². The minimum Gasteiger partial charge on any atom is -0.490 e. The van der Waals surface area contributed by atoms with E-state index in [1.54, 1.807) is 12.3 Å². The number of halogens is 1. The Morgan fingerprint density at radius 1 is 0.937 bits per heavy atom. The number of piperazine rings is 1. The zero-order chi connectivity index (χ0) is 43.5. The quantitative estimate of drug-likeness (QED) is 0.207. The number of piperidine rings is 2. The minimum absolute atomic E-state index is 0.00462. The van der Waals surface area contributed by atoms with Crippen molar-refractivity contribution in [3.8, 4) is 11.8 Å². The average Bonchev–Trinajstić information content (AvgIpc) is 3.47. The summed E-state index contributed by atoms with van der Waals surface area (Å²) in [5.74, 6) is -0.321. The number of nitrogens with zero attached hydrogens (tertiary/aromatic N) is 7. The Hall–Kier alpha value is -6.18.